The van der Waals surface area contributed by atoms with Gasteiger partial charge in [0.1, 0.15) is 10.4 Å². The van der Waals surface area contributed by atoms with Crippen LogP contribution in [-0.4, -0.2) is 28.7 Å². The average molecular weight is 298 g/mol. The molecule has 5 nitrogen and oxygen atoms in total. The summed E-state index contributed by atoms with van der Waals surface area (Å²) in [6, 6.07) is 2.24. The van der Waals surface area contributed by atoms with Crippen molar-refractivity contribution in [2.24, 2.45) is 0 Å². The van der Waals surface area contributed by atoms with Crippen molar-refractivity contribution in [1.82, 2.24) is 10.3 Å². The summed E-state index contributed by atoms with van der Waals surface area (Å²) in [5.74, 6) is 0.376. The minimum absolute atomic E-state index is 0.259. The Bertz CT molecular complexity index is 414. The van der Waals surface area contributed by atoms with Gasteiger partial charge in [-0.25, -0.2) is 4.98 Å². The van der Waals surface area contributed by atoms with E-state index in [0.717, 1.165) is 25.2 Å². The Labute approximate surface area is 109 Å². The predicted octanol–water partition coefficient (Wildman–Crippen LogP) is 1.55. The number of nitrogen functional groups attached to an aromatic ring is 1. The number of nitrogens with two attached hydrogens (primary N) is 1. The van der Waals surface area contributed by atoms with E-state index in [1.165, 1.54) is 6.42 Å². The van der Waals surface area contributed by atoms with Gasteiger partial charge in [-0.05, 0) is 41.4 Å². The second kappa shape index (κ2) is 5.46. The zero-order valence-electron chi connectivity index (χ0n) is 9.46. The summed E-state index contributed by atoms with van der Waals surface area (Å²) in [4.78, 5) is 4.01. The Balaban J connectivity index is 2.19. The first-order valence-corrected chi connectivity index (χ1v) is 6.44. The summed E-state index contributed by atoms with van der Waals surface area (Å²) in [5.41, 5.74) is 7.30. The van der Waals surface area contributed by atoms with Crippen LogP contribution in [0.15, 0.2) is 12.3 Å². The summed E-state index contributed by atoms with van der Waals surface area (Å²) in [6.45, 7) is 2.02. The third-order valence-corrected chi connectivity index (χ3v) is 3.25. The maximum atomic E-state index is 7.68. The molecular weight excluding hydrogens is 282 g/mol. The van der Waals surface area contributed by atoms with Gasteiger partial charge in [-0.3, -0.25) is 5.41 Å². The van der Waals surface area contributed by atoms with Crippen LogP contribution in [0.4, 0.5) is 11.5 Å². The van der Waals surface area contributed by atoms with E-state index in [2.05, 4.69) is 31.5 Å². The minimum atomic E-state index is 0.259. The van der Waals surface area contributed by atoms with Crippen LogP contribution in [-0.2, 0) is 0 Å². The Hall–Kier alpha value is -1.14. The van der Waals surface area contributed by atoms with Gasteiger partial charge < -0.3 is 16.4 Å². The maximum Gasteiger partial charge on any atom is 0.135 e. The summed E-state index contributed by atoms with van der Waals surface area (Å²) in [6.07, 6.45) is 3.96. The number of nitrogens with one attached hydrogen (secondary N) is 3. The number of piperidine rings is 1. The molecule has 0 bridgehead atoms. The lowest BCUT2D eigenvalue weighted by Crippen LogP contribution is -2.38. The van der Waals surface area contributed by atoms with Crippen molar-refractivity contribution in [3.8, 4) is 0 Å². The van der Waals surface area contributed by atoms with Crippen LogP contribution in [0.3, 0.4) is 0 Å². The number of nitrogens with zero attached hydrogens (tertiary/aromatic N) is 1. The highest BCUT2D eigenvalue weighted by Crippen LogP contribution is 2.24. The van der Waals surface area contributed by atoms with Crippen molar-refractivity contribution in [2.75, 3.05) is 24.1 Å². The van der Waals surface area contributed by atoms with Crippen molar-refractivity contribution < 1.29 is 0 Å². The Morgan fingerprint density at radius 1 is 1.65 bits per heavy atom. The molecule has 17 heavy (non-hydrogen) atoms. The molecule has 0 aliphatic carbocycles. The highest BCUT2D eigenvalue weighted by Gasteiger charge is 2.16. The largest absolute Gasteiger partial charge is 0.383 e. The summed E-state index contributed by atoms with van der Waals surface area (Å²) in [5, 5.41) is 14.4. The van der Waals surface area contributed by atoms with Gasteiger partial charge in [0.15, 0.2) is 0 Å². The third kappa shape index (κ3) is 2.95. The zero-order valence-corrected chi connectivity index (χ0v) is 11.0. The molecule has 1 aliphatic rings. The molecule has 1 unspecified atom stereocenters. The van der Waals surface area contributed by atoms with Crippen LogP contribution in [0.25, 0.3) is 0 Å². The molecule has 5 N–H and O–H groups in total. The Kier molecular flexibility index (Phi) is 3.96. The van der Waals surface area contributed by atoms with E-state index in [1.807, 2.05) is 6.07 Å². The van der Waals surface area contributed by atoms with Crippen LogP contribution >= 0.6 is 15.9 Å². The molecule has 0 saturated carbocycles. The van der Waals surface area contributed by atoms with Gasteiger partial charge in [0.2, 0.25) is 0 Å². The van der Waals surface area contributed by atoms with E-state index < -0.39 is 0 Å². The predicted molar refractivity (Wildman–Crippen MR) is 73.9 cm³/mol. The van der Waals surface area contributed by atoms with Gasteiger partial charge >= 0.3 is 0 Å². The van der Waals surface area contributed by atoms with Gasteiger partial charge in [0, 0.05) is 24.5 Å². The van der Waals surface area contributed by atoms with Gasteiger partial charge in [-0.1, -0.05) is 0 Å². The topological polar surface area (TPSA) is 86.8 Å². The van der Waals surface area contributed by atoms with E-state index in [1.54, 1.807) is 6.20 Å². The standard InChI is InChI=1S/C11H16BrN5/c12-10(13)9-8(3-5-16-11(9)14)17-7-2-1-4-15-6-7/h3,5,7,13,15H,1-2,4,6H2,(H3,14,16,17). The molecule has 1 aromatic rings. The van der Waals surface area contributed by atoms with Crippen molar-refractivity contribution in [3.05, 3.63) is 17.8 Å². The van der Waals surface area contributed by atoms with Gasteiger partial charge in [0.05, 0.1) is 5.56 Å². The van der Waals surface area contributed by atoms with Crippen LogP contribution in [0, 0.1) is 5.41 Å². The minimum Gasteiger partial charge on any atom is -0.383 e. The quantitative estimate of drug-likeness (QED) is 0.638. The van der Waals surface area contributed by atoms with Crippen LogP contribution in [0.2, 0.25) is 0 Å². The number of hydrogen-bond donors (Lipinski definition) is 4. The summed E-state index contributed by atoms with van der Waals surface area (Å²) >= 11 is 3.16. The fraction of sp³-hybridized carbons (Fsp3) is 0.455. The van der Waals surface area contributed by atoms with Crippen molar-refractivity contribution in [2.45, 2.75) is 18.9 Å². The molecule has 6 heteroatoms. The molecule has 0 radical (unpaired) electrons. The molecular formula is C11H16BrN5. The lowest BCUT2D eigenvalue weighted by Gasteiger charge is -2.25. The van der Waals surface area contributed by atoms with Crippen LogP contribution < -0.4 is 16.4 Å². The molecule has 0 spiro atoms. The van der Waals surface area contributed by atoms with Crippen molar-refractivity contribution >= 4 is 32.1 Å². The van der Waals surface area contributed by atoms with E-state index in [4.69, 9.17) is 11.1 Å². The maximum absolute atomic E-state index is 7.68. The number of anilines is 2. The van der Waals surface area contributed by atoms with Crippen LogP contribution in [0.1, 0.15) is 18.4 Å². The first kappa shape index (κ1) is 12.3. The van der Waals surface area contributed by atoms with E-state index >= 15 is 0 Å². The SMILES string of the molecule is N=C(Br)c1c(NC2CCCNC2)ccnc1N. The highest BCUT2D eigenvalue weighted by atomic mass is 79.9. The summed E-state index contributed by atoms with van der Waals surface area (Å²) < 4.78 is 0.259. The number of aromatic nitrogens is 1. The van der Waals surface area contributed by atoms with Crippen molar-refractivity contribution in [1.29, 1.82) is 5.41 Å². The second-order valence-corrected chi connectivity index (χ2v) is 4.91. The molecule has 0 amide bonds. The van der Waals surface area contributed by atoms with E-state index in [-0.39, 0.29) is 4.62 Å². The monoisotopic (exact) mass is 297 g/mol. The highest BCUT2D eigenvalue weighted by molar-refractivity contribution is 9.18. The lowest BCUT2D eigenvalue weighted by atomic mass is 10.1. The summed E-state index contributed by atoms with van der Waals surface area (Å²) in [7, 11) is 0. The molecule has 1 aliphatic heterocycles. The van der Waals surface area contributed by atoms with Gasteiger partial charge in [-0.2, -0.15) is 0 Å². The van der Waals surface area contributed by atoms with E-state index in [9.17, 15) is 0 Å². The second-order valence-electron chi connectivity index (χ2n) is 4.12. The van der Waals surface area contributed by atoms with Crippen molar-refractivity contribution in [3.63, 3.8) is 0 Å². The lowest BCUT2D eigenvalue weighted by molar-refractivity contribution is 0.480. The number of rotatable bonds is 3. The fourth-order valence-corrected chi connectivity index (χ4v) is 2.44. The fourth-order valence-electron chi connectivity index (χ4n) is 2.02. The molecule has 1 fully saturated rings. The first-order valence-electron chi connectivity index (χ1n) is 5.64. The van der Waals surface area contributed by atoms with Crippen LogP contribution in [0.5, 0.6) is 0 Å². The molecule has 1 saturated heterocycles. The van der Waals surface area contributed by atoms with Gasteiger partial charge in [0.25, 0.3) is 0 Å². The molecule has 2 heterocycles. The first-order chi connectivity index (χ1) is 8.18. The Morgan fingerprint density at radius 3 is 3.12 bits per heavy atom. The third-order valence-electron chi connectivity index (χ3n) is 2.86. The molecule has 0 aromatic carbocycles. The average Bonchev–Trinajstić information content (AvgIpc) is 2.30. The number of halogens is 1. The number of pyridine rings is 1. The van der Waals surface area contributed by atoms with E-state index in [0.29, 0.717) is 17.4 Å². The molecule has 92 valence electrons. The Morgan fingerprint density at radius 2 is 2.47 bits per heavy atom. The number of hydrogen-bond acceptors (Lipinski definition) is 5. The van der Waals surface area contributed by atoms with Gasteiger partial charge in [-0.15, -0.1) is 0 Å². The molecule has 2 rings (SSSR count). The smallest absolute Gasteiger partial charge is 0.135 e. The zero-order chi connectivity index (χ0) is 12.3. The molecule has 1 atom stereocenters. The normalized spacial score (nSPS) is 19.9. The molecule has 1 aromatic heterocycles.